The molecule has 2 amide bonds. The quantitative estimate of drug-likeness (QED) is 0.438. The number of rotatable bonds is 6. The Morgan fingerprint density at radius 1 is 1.25 bits per heavy atom. The minimum atomic E-state index is -0.299. The van der Waals surface area contributed by atoms with Crippen LogP contribution in [0.15, 0.2) is 29.4 Å². The fourth-order valence-corrected chi connectivity index (χ4v) is 3.97. The lowest BCUT2D eigenvalue weighted by Gasteiger charge is -2.30. The highest BCUT2D eigenvalue weighted by atomic mass is 32.1. The van der Waals surface area contributed by atoms with Gasteiger partial charge in [-0.3, -0.25) is 10.3 Å². The zero-order valence-corrected chi connectivity index (χ0v) is 16.9. The van der Waals surface area contributed by atoms with Crippen LogP contribution in [0.2, 0.25) is 0 Å². The number of nitrogens with one attached hydrogen (secondary N) is 2. The van der Waals surface area contributed by atoms with E-state index in [-0.39, 0.29) is 12.0 Å². The smallest absolute Gasteiger partial charge is 0.325 e. The van der Waals surface area contributed by atoms with E-state index in [9.17, 15) is 4.79 Å². The molecule has 2 heterocycles. The topological polar surface area (TPSA) is 122 Å². The fraction of sp³-hybridized carbons (Fsp3) is 0.421. The molecule has 0 bridgehead atoms. The van der Waals surface area contributed by atoms with Gasteiger partial charge in [0.25, 0.3) is 0 Å². The van der Waals surface area contributed by atoms with Gasteiger partial charge in [-0.15, -0.1) is 11.3 Å². The van der Waals surface area contributed by atoms with Crippen LogP contribution < -0.4 is 27.0 Å². The molecule has 1 fully saturated rings. The van der Waals surface area contributed by atoms with Crippen molar-refractivity contribution in [3.05, 3.63) is 34.8 Å². The van der Waals surface area contributed by atoms with Crippen LogP contribution in [0.5, 0.6) is 0 Å². The van der Waals surface area contributed by atoms with Gasteiger partial charge in [-0.2, -0.15) is 0 Å². The van der Waals surface area contributed by atoms with Crippen molar-refractivity contribution in [3.8, 4) is 0 Å². The standard InChI is InChI=1S/C19H27N7OS/c1-13-5-6-15(16(11-13)26-9-3-2-4-10-26)24-18(27)25-19-23-12-14(28-19)7-8-22-17(20)21/h5-6,11-12H,2-4,7-10H2,1H3,(H4,20,21,22)(H2,23,24,25,27). The first-order chi connectivity index (χ1) is 13.5. The summed E-state index contributed by atoms with van der Waals surface area (Å²) in [5.41, 5.74) is 13.7. The summed E-state index contributed by atoms with van der Waals surface area (Å²) in [5.74, 6) is 0.0739. The summed E-state index contributed by atoms with van der Waals surface area (Å²) in [7, 11) is 0. The Morgan fingerprint density at radius 3 is 2.79 bits per heavy atom. The maximum atomic E-state index is 12.5. The molecule has 3 rings (SSSR count). The second kappa shape index (κ2) is 9.41. The molecule has 1 aromatic carbocycles. The summed E-state index contributed by atoms with van der Waals surface area (Å²) in [6.45, 7) is 4.60. The lowest BCUT2D eigenvalue weighted by atomic mass is 10.1. The van der Waals surface area contributed by atoms with Crippen LogP contribution in [0.4, 0.5) is 21.3 Å². The lowest BCUT2D eigenvalue weighted by molar-refractivity contribution is 0.262. The average Bonchev–Trinajstić information content (AvgIpc) is 3.10. The second-order valence-corrected chi connectivity index (χ2v) is 7.95. The monoisotopic (exact) mass is 401 g/mol. The Morgan fingerprint density at radius 2 is 2.04 bits per heavy atom. The molecule has 1 saturated heterocycles. The number of thiazole rings is 1. The van der Waals surface area contributed by atoms with Gasteiger partial charge in [0.1, 0.15) is 0 Å². The van der Waals surface area contributed by atoms with E-state index in [0.717, 1.165) is 29.3 Å². The number of hydrogen-bond acceptors (Lipinski definition) is 5. The van der Waals surface area contributed by atoms with E-state index in [2.05, 4.69) is 38.5 Å². The number of aliphatic imine (C=N–C) groups is 1. The molecule has 1 aliphatic heterocycles. The van der Waals surface area contributed by atoms with Gasteiger partial charge in [0.05, 0.1) is 11.4 Å². The van der Waals surface area contributed by atoms with E-state index in [4.69, 9.17) is 11.5 Å². The molecule has 0 atom stereocenters. The summed E-state index contributed by atoms with van der Waals surface area (Å²) in [6, 6.07) is 5.80. The van der Waals surface area contributed by atoms with Gasteiger partial charge in [0.2, 0.25) is 0 Å². The maximum Gasteiger partial charge on any atom is 0.325 e. The summed E-state index contributed by atoms with van der Waals surface area (Å²) >= 11 is 1.41. The average molecular weight is 402 g/mol. The molecule has 1 aliphatic rings. The van der Waals surface area contributed by atoms with Crippen molar-refractivity contribution in [2.45, 2.75) is 32.6 Å². The van der Waals surface area contributed by atoms with E-state index in [1.54, 1.807) is 6.20 Å². The number of urea groups is 1. The molecule has 0 unspecified atom stereocenters. The summed E-state index contributed by atoms with van der Waals surface area (Å²) in [5, 5.41) is 6.32. The van der Waals surface area contributed by atoms with Crippen molar-refractivity contribution in [1.82, 2.24) is 4.98 Å². The number of amides is 2. The van der Waals surface area contributed by atoms with Crippen LogP contribution in [0.3, 0.4) is 0 Å². The first-order valence-electron chi connectivity index (χ1n) is 9.45. The molecule has 1 aromatic heterocycles. The third-order valence-electron chi connectivity index (χ3n) is 4.52. The largest absolute Gasteiger partial charge is 0.370 e. The SMILES string of the molecule is Cc1ccc(NC(=O)Nc2ncc(CCN=C(N)N)s2)c(N2CCCCC2)c1. The molecule has 8 nitrogen and oxygen atoms in total. The predicted molar refractivity (Wildman–Crippen MR) is 116 cm³/mol. The van der Waals surface area contributed by atoms with Gasteiger partial charge in [0.15, 0.2) is 11.1 Å². The molecule has 150 valence electrons. The van der Waals surface area contributed by atoms with E-state index in [0.29, 0.717) is 18.1 Å². The Kier molecular flexibility index (Phi) is 6.70. The normalized spacial score (nSPS) is 13.8. The summed E-state index contributed by atoms with van der Waals surface area (Å²) < 4.78 is 0. The Bertz CT molecular complexity index is 839. The minimum absolute atomic E-state index is 0.0739. The highest BCUT2D eigenvalue weighted by Gasteiger charge is 2.16. The number of benzene rings is 1. The van der Waals surface area contributed by atoms with Gasteiger partial charge in [-0.1, -0.05) is 6.07 Å². The Labute approximate surface area is 169 Å². The summed E-state index contributed by atoms with van der Waals surface area (Å²) in [6.07, 6.45) is 6.03. The Hall–Kier alpha value is -2.81. The van der Waals surface area contributed by atoms with Crippen LogP contribution in [0, 0.1) is 6.92 Å². The number of guanidine groups is 1. The lowest BCUT2D eigenvalue weighted by Crippen LogP contribution is -2.31. The number of piperidine rings is 1. The van der Waals surface area contributed by atoms with E-state index in [1.165, 1.54) is 36.2 Å². The zero-order valence-electron chi connectivity index (χ0n) is 16.1. The van der Waals surface area contributed by atoms with E-state index < -0.39 is 0 Å². The van der Waals surface area contributed by atoms with E-state index >= 15 is 0 Å². The predicted octanol–water partition coefficient (Wildman–Crippen LogP) is 2.90. The van der Waals surface area contributed by atoms with Crippen LogP contribution in [0.1, 0.15) is 29.7 Å². The molecule has 0 saturated carbocycles. The van der Waals surface area contributed by atoms with Gasteiger partial charge < -0.3 is 21.7 Å². The molecule has 9 heteroatoms. The molecule has 0 spiro atoms. The van der Waals surface area contributed by atoms with Crippen LogP contribution in [-0.2, 0) is 6.42 Å². The highest BCUT2D eigenvalue weighted by Crippen LogP contribution is 2.30. The van der Waals surface area contributed by atoms with Crippen molar-refractivity contribution >= 4 is 39.8 Å². The number of carbonyl (C=O) groups excluding carboxylic acids is 1. The van der Waals surface area contributed by atoms with Gasteiger partial charge in [-0.05, 0) is 43.9 Å². The number of aromatic nitrogens is 1. The number of carbonyl (C=O) groups is 1. The maximum absolute atomic E-state index is 12.5. The van der Waals surface area contributed by atoms with E-state index in [1.807, 2.05) is 12.1 Å². The fourth-order valence-electron chi connectivity index (χ4n) is 3.17. The molecule has 2 aromatic rings. The third kappa shape index (κ3) is 5.59. The van der Waals surface area contributed by atoms with Crippen molar-refractivity contribution in [2.75, 3.05) is 35.2 Å². The van der Waals surface area contributed by atoms with Crippen molar-refractivity contribution < 1.29 is 4.79 Å². The highest BCUT2D eigenvalue weighted by molar-refractivity contribution is 7.15. The molecular formula is C19H27N7OS. The number of nitrogens with two attached hydrogens (primary N) is 2. The van der Waals surface area contributed by atoms with Gasteiger partial charge in [-0.25, -0.2) is 9.78 Å². The molecule has 0 radical (unpaired) electrons. The van der Waals surface area contributed by atoms with Crippen LogP contribution in [0.25, 0.3) is 0 Å². The number of anilines is 3. The zero-order chi connectivity index (χ0) is 19.9. The first-order valence-corrected chi connectivity index (χ1v) is 10.3. The minimum Gasteiger partial charge on any atom is -0.370 e. The molecule has 6 N–H and O–H groups in total. The van der Waals surface area contributed by atoms with Crippen molar-refractivity contribution in [1.29, 1.82) is 0 Å². The number of nitrogens with zero attached hydrogens (tertiary/aromatic N) is 3. The molecule has 0 aliphatic carbocycles. The van der Waals surface area contributed by atoms with Crippen LogP contribution in [-0.4, -0.2) is 36.6 Å². The second-order valence-electron chi connectivity index (χ2n) is 6.84. The van der Waals surface area contributed by atoms with Crippen molar-refractivity contribution in [2.24, 2.45) is 16.5 Å². The van der Waals surface area contributed by atoms with Gasteiger partial charge >= 0.3 is 6.03 Å². The van der Waals surface area contributed by atoms with Crippen LogP contribution >= 0.6 is 11.3 Å². The van der Waals surface area contributed by atoms with Crippen molar-refractivity contribution in [3.63, 3.8) is 0 Å². The third-order valence-corrected chi connectivity index (χ3v) is 5.50. The Balaban J connectivity index is 1.62. The summed E-state index contributed by atoms with van der Waals surface area (Å²) in [4.78, 5) is 24.0. The number of aryl methyl sites for hydroxylation is 1. The first kappa shape index (κ1) is 19.9. The number of hydrogen-bond donors (Lipinski definition) is 4. The molecular weight excluding hydrogens is 374 g/mol. The molecule has 28 heavy (non-hydrogen) atoms. The van der Waals surface area contributed by atoms with Gasteiger partial charge in [0, 0.05) is 37.1 Å².